The van der Waals surface area contributed by atoms with Gasteiger partial charge in [0.15, 0.2) is 0 Å². The fraction of sp³-hybridized carbons (Fsp3) is 1.00. The molecule has 0 heterocycles. The van der Waals surface area contributed by atoms with Crippen LogP contribution in [0.2, 0.25) is 0 Å². The van der Waals surface area contributed by atoms with E-state index in [0.717, 1.165) is 25.4 Å². The highest BCUT2D eigenvalue weighted by molar-refractivity contribution is 7.80. The molecule has 0 rings (SSSR count). The van der Waals surface area contributed by atoms with Gasteiger partial charge in [0.2, 0.25) is 0 Å². The van der Waals surface area contributed by atoms with E-state index in [9.17, 15) is 0 Å². The summed E-state index contributed by atoms with van der Waals surface area (Å²) < 4.78 is 0. The predicted octanol–water partition coefficient (Wildman–Crippen LogP) is -1.62. The molecule has 0 aliphatic carbocycles. The molecule has 0 aromatic rings. The Morgan fingerprint density at radius 1 is 1.17 bits per heavy atom. The second-order valence-electron chi connectivity index (χ2n) is 2.62. The highest BCUT2D eigenvalue weighted by atomic mass is 32.1. The minimum atomic E-state index is 0.392. The average molecular weight is 192 g/mol. The summed E-state index contributed by atoms with van der Waals surface area (Å²) in [6, 6.07) is 0.392. The molecule has 74 valence electrons. The maximum absolute atomic E-state index is 5.36. The molecule has 5 heteroatoms. The van der Waals surface area contributed by atoms with Gasteiger partial charge in [0.1, 0.15) is 0 Å². The molecule has 0 saturated carbocycles. The second-order valence-corrected chi connectivity index (χ2v) is 2.98. The molecule has 4 nitrogen and oxygen atoms in total. The van der Waals surface area contributed by atoms with Gasteiger partial charge in [0.05, 0.1) is 0 Å². The summed E-state index contributed by atoms with van der Waals surface area (Å²) in [6.45, 7) is 3.95. The van der Waals surface area contributed by atoms with Crippen molar-refractivity contribution < 1.29 is 0 Å². The van der Waals surface area contributed by atoms with Crippen molar-refractivity contribution in [1.82, 2.24) is 10.6 Å². The third kappa shape index (κ3) is 6.87. The lowest BCUT2D eigenvalue weighted by molar-refractivity contribution is 0.517. The first kappa shape index (κ1) is 12.2. The van der Waals surface area contributed by atoms with Gasteiger partial charge >= 0.3 is 0 Å². The molecule has 0 aromatic carbocycles. The van der Waals surface area contributed by atoms with Crippen LogP contribution in [0.25, 0.3) is 0 Å². The van der Waals surface area contributed by atoms with Gasteiger partial charge in [-0.15, -0.1) is 0 Å². The Balaban J connectivity index is 3.26. The standard InChI is InChI=1S/C7H20N4S/c8-1-3-10-5-7(6-12)11-4-2-9/h7,10-12H,1-6,8-9H2. The van der Waals surface area contributed by atoms with E-state index in [-0.39, 0.29) is 0 Å². The zero-order chi connectivity index (χ0) is 9.23. The summed E-state index contributed by atoms with van der Waals surface area (Å²) in [7, 11) is 0. The highest BCUT2D eigenvalue weighted by Gasteiger charge is 2.02. The Morgan fingerprint density at radius 2 is 1.83 bits per heavy atom. The van der Waals surface area contributed by atoms with Crippen LogP contribution in [0, 0.1) is 0 Å². The van der Waals surface area contributed by atoms with Gasteiger partial charge < -0.3 is 22.1 Å². The number of hydrogen-bond donors (Lipinski definition) is 5. The topological polar surface area (TPSA) is 76.1 Å². The first-order chi connectivity index (χ1) is 5.85. The van der Waals surface area contributed by atoms with E-state index >= 15 is 0 Å². The van der Waals surface area contributed by atoms with Gasteiger partial charge in [-0.25, -0.2) is 0 Å². The molecule has 0 bridgehead atoms. The molecule has 0 aromatic heterocycles. The Morgan fingerprint density at radius 3 is 2.33 bits per heavy atom. The van der Waals surface area contributed by atoms with Crippen LogP contribution in [-0.4, -0.2) is 44.5 Å². The maximum Gasteiger partial charge on any atom is 0.0281 e. The molecule has 1 atom stereocenters. The summed E-state index contributed by atoms with van der Waals surface area (Å²) in [6.07, 6.45) is 0. The quantitative estimate of drug-likeness (QED) is 0.237. The minimum Gasteiger partial charge on any atom is -0.329 e. The largest absolute Gasteiger partial charge is 0.329 e. The monoisotopic (exact) mass is 192 g/mol. The van der Waals surface area contributed by atoms with Crippen LogP contribution in [0.4, 0.5) is 0 Å². The Kier molecular flexibility index (Phi) is 9.43. The van der Waals surface area contributed by atoms with Crippen molar-refractivity contribution >= 4 is 12.6 Å². The van der Waals surface area contributed by atoms with Gasteiger partial charge in [-0.1, -0.05) is 0 Å². The zero-order valence-electron chi connectivity index (χ0n) is 7.42. The van der Waals surface area contributed by atoms with Gasteiger partial charge in [-0.3, -0.25) is 0 Å². The van der Waals surface area contributed by atoms with Crippen LogP contribution >= 0.6 is 12.6 Å². The van der Waals surface area contributed by atoms with Crippen molar-refractivity contribution in [3.05, 3.63) is 0 Å². The Labute approximate surface area is 79.9 Å². The van der Waals surface area contributed by atoms with Crippen LogP contribution in [-0.2, 0) is 0 Å². The summed E-state index contributed by atoms with van der Waals surface area (Å²) in [4.78, 5) is 0. The van der Waals surface area contributed by atoms with Crippen molar-refractivity contribution in [2.45, 2.75) is 6.04 Å². The average Bonchev–Trinajstić information content (AvgIpc) is 2.11. The van der Waals surface area contributed by atoms with Crippen molar-refractivity contribution in [1.29, 1.82) is 0 Å². The number of thiol groups is 1. The van der Waals surface area contributed by atoms with E-state index in [1.54, 1.807) is 0 Å². The van der Waals surface area contributed by atoms with E-state index in [4.69, 9.17) is 11.5 Å². The van der Waals surface area contributed by atoms with Gasteiger partial charge in [0, 0.05) is 44.5 Å². The normalized spacial score (nSPS) is 13.2. The lowest BCUT2D eigenvalue weighted by Gasteiger charge is -2.16. The third-order valence-electron chi connectivity index (χ3n) is 1.51. The first-order valence-electron chi connectivity index (χ1n) is 4.30. The smallest absolute Gasteiger partial charge is 0.0281 e. The SMILES string of the molecule is NCCNCC(CS)NCCN. The van der Waals surface area contributed by atoms with Crippen molar-refractivity contribution in [3.63, 3.8) is 0 Å². The number of nitrogens with two attached hydrogens (primary N) is 2. The predicted molar refractivity (Wildman–Crippen MR) is 56.6 cm³/mol. The Bertz CT molecular complexity index is 91.5. The fourth-order valence-electron chi connectivity index (χ4n) is 0.867. The molecule has 12 heavy (non-hydrogen) atoms. The van der Waals surface area contributed by atoms with E-state index in [2.05, 4.69) is 23.3 Å². The molecule has 0 saturated heterocycles. The summed E-state index contributed by atoms with van der Waals surface area (Å²) in [5.41, 5.74) is 10.7. The summed E-state index contributed by atoms with van der Waals surface area (Å²) in [5.74, 6) is 0.817. The molecule has 1 unspecified atom stereocenters. The minimum absolute atomic E-state index is 0.392. The molecular formula is C7H20N4S. The molecule has 0 radical (unpaired) electrons. The fourth-order valence-corrected chi connectivity index (χ4v) is 1.13. The summed E-state index contributed by atoms with van der Waals surface area (Å²) in [5, 5.41) is 6.49. The molecule has 0 aliphatic heterocycles. The molecule has 0 fully saturated rings. The first-order valence-corrected chi connectivity index (χ1v) is 4.93. The van der Waals surface area contributed by atoms with E-state index < -0.39 is 0 Å². The molecule has 0 amide bonds. The lowest BCUT2D eigenvalue weighted by atomic mass is 10.3. The van der Waals surface area contributed by atoms with E-state index in [1.807, 2.05) is 0 Å². The molecule has 0 aliphatic rings. The second kappa shape index (κ2) is 9.28. The number of hydrogen-bond acceptors (Lipinski definition) is 5. The van der Waals surface area contributed by atoms with Crippen LogP contribution < -0.4 is 22.1 Å². The molecule has 6 N–H and O–H groups in total. The van der Waals surface area contributed by atoms with Crippen LogP contribution in [0.15, 0.2) is 0 Å². The van der Waals surface area contributed by atoms with Crippen molar-refractivity contribution in [2.24, 2.45) is 11.5 Å². The third-order valence-corrected chi connectivity index (χ3v) is 1.95. The zero-order valence-corrected chi connectivity index (χ0v) is 8.32. The van der Waals surface area contributed by atoms with Crippen LogP contribution in [0.5, 0.6) is 0 Å². The number of rotatable bonds is 8. The van der Waals surface area contributed by atoms with E-state index in [1.165, 1.54) is 0 Å². The van der Waals surface area contributed by atoms with Crippen LogP contribution in [0.3, 0.4) is 0 Å². The van der Waals surface area contributed by atoms with Gasteiger partial charge in [-0.2, -0.15) is 12.6 Å². The number of nitrogens with one attached hydrogen (secondary N) is 2. The maximum atomic E-state index is 5.36. The molecule has 0 spiro atoms. The molecular weight excluding hydrogens is 172 g/mol. The van der Waals surface area contributed by atoms with Crippen LogP contribution in [0.1, 0.15) is 0 Å². The van der Waals surface area contributed by atoms with E-state index in [0.29, 0.717) is 19.1 Å². The lowest BCUT2D eigenvalue weighted by Crippen LogP contribution is -2.43. The highest BCUT2D eigenvalue weighted by Crippen LogP contribution is 1.84. The van der Waals surface area contributed by atoms with Gasteiger partial charge in [0.25, 0.3) is 0 Å². The van der Waals surface area contributed by atoms with Crippen molar-refractivity contribution in [2.75, 3.05) is 38.5 Å². The summed E-state index contributed by atoms with van der Waals surface area (Å²) >= 11 is 4.22. The van der Waals surface area contributed by atoms with Gasteiger partial charge in [-0.05, 0) is 0 Å². The Hall–Kier alpha value is 0.190. The van der Waals surface area contributed by atoms with Crippen molar-refractivity contribution in [3.8, 4) is 0 Å².